The van der Waals surface area contributed by atoms with Crippen LogP contribution in [0.5, 0.6) is 5.88 Å². The van der Waals surface area contributed by atoms with Crippen LogP contribution in [-0.4, -0.2) is 29.3 Å². The highest BCUT2D eigenvalue weighted by Crippen LogP contribution is 2.28. The van der Waals surface area contributed by atoms with Crippen LogP contribution >= 0.6 is 0 Å². The summed E-state index contributed by atoms with van der Waals surface area (Å²) in [7, 11) is 1.70. The van der Waals surface area contributed by atoms with Crippen molar-refractivity contribution in [3.05, 3.63) is 11.9 Å². The molecule has 1 aromatic heterocycles. The second kappa shape index (κ2) is 6.00. The molecule has 0 aliphatic rings. The summed E-state index contributed by atoms with van der Waals surface area (Å²) < 4.78 is 11.0. The summed E-state index contributed by atoms with van der Waals surface area (Å²) in [6, 6.07) is 0. The number of nitrogen functional groups attached to an aromatic ring is 1. The highest BCUT2D eigenvalue weighted by molar-refractivity contribution is 5.46. The molecule has 5 nitrogen and oxygen atoms in total. The molecule has 18 heavy (non-hydrogen) atoms. The van der Waals surface area contributed by atoms with Gasteiger partial charge in [-0.3, -0.25) is 0 Å². The predicted octanol–water partition coefficient (Wildman–Crippen LogP) is 2.38. The molecule has 1 rings (SSSR count). The van der Waals surface area contributed by atoms with Crippen molar-refractivity contribution < 1.29 is 9.47 Å². The second-order valence-electron chi connectivity index (χ2n) is 5.19. The third-order valence-corrected chi connectivity index (χ3v) is 2.95. The number of methoxy groups -OCH3 is 1. The van der Waals surface area contributed by atoms with E-state index in [-0.39, 0.29) is 11.5 Å². The maximum absolute atomic E-state index is 5.85. The molecule has 0 fully saturated rings. The third-order valence-electron chi connectivity index (χ3n) is 2.95. The minimum atomic E-state index is -0.198. The van der Waals surface area contributed by atoms with Crippen LogP contribution in [0.2, 0.25) is 0 Å². The molecule has 0 aromatic carbocycles. The monoisotopic (exact) mass is 253 g/mol. The second-order valence-corrected chi connectivity index (χ2v) is 5.19. The summed E-state index contributed by atoms with van der Waals surface area (Å²) in [4.78, 5) is 8.15. The summed E-state index contributed by atoms with van der Waals surface area (Å²) in [6.45, 7) is 8.67. The highest BCUT2D eigenvalue weighted by Gasteiger charge is 2.18. The first-order valence-electron chi connectivity index (χ1n) is 6.15. The normalized spacial score (nSPS) is 11.9. The molecule has 5 heteroatoms. The lowest BCUT2D eigenvalue weighted by Crippen LogP contribution is -2.25. The molecule has 1 heterocycles. The van der Waals surface area contributed by atoms with Gasteiger partial charge in [-0.25, -0.2) is 9.97 Å². The zero-order valence-corrected chi connectivity index (χ0v) is 11.9. The molecule has 0 saturated heterocycles. The van der Waals surface area contributed by atoms with E-state index in [0.717, 1.165) is 12.0 Å². The Kier molecular flexibility index (Phi) is 4.90. The summed E-state index contributed by atoms with van der Waals surface area (Å²) in [5.41, 5.74) is 6.52. The molecule has 2 N–H and O–H groups in total. The van der Waals surface area contributed by atoms with Crippen LogP contribution in [0.25, 0.3) is 0 Å². The first-order chi connectivity index (χ1) is 8.37. The van der Waals surface area contributed by atoms with Gasteiger partial charge in [0.05, 0.1) is 17.8 Å². The molecule has 0 saturated carbocycles. The zero-order valence-electron chi connectivity index (χ0n) is 11.9. The van der Waals surface area contributed by atoms with Crippen LogP contribution in [0.15, 0.2) is 6.33 Å². The van der Waals surface area contributed by atoms with Gasteiger partial charge in [0.2, 0.25) is 5.88 Å². The van der Waals surface area contributed by atoms with Gasteiger partial charge in [0.1, 0.15) is 12.1 Å². The number of nitrogens with two attached hydrogens (primary N) is 1. The van der Waals surface area contributed by atoms with E-state index >= 15 is 0 Å². The Bertz CT molecular complexity index is 392. The van der Waals surface area contributed by atoms with E-state index in [1.807, 2.05) is 27.7 Å². The standard InChI is InChI=1S/C13H23N3O2/c1-9(2)10-11(14)15-8-16-12(10)18-7-6-13(3,4)17-5/h8-9H,6-7H2,1-5H3,(H2,14,15,16). The summed E-state index contributed by atoms with van der Waals surface area (Å²) >= 11 is 0. The van der Waals surface area contributed by atoms with E-state index in [4.69, 9.17) is 15.2 Å². The van der Waals surface area contributed by atoms with Gasteiger partial charge >= 0.3 is 0 Å². The Morgan fingerprint density at radius 1 is 1.33 bits per heavy atom. The van der Waals surface area contributed by atoms with Crippen LogP contribution in [-0.2, 0) is 4.74 Å². The van der Waals surface area contributed by atoms with Gasteiger partial charge in [-0.2, -0.15) is 0 Å². The fourth-order valence-electron chi connectivity index (χ4n) is 1.55. The smallest absolute Gasteiger partial charge is 0.222 e. The molecule has 102 valence electrons. The first kappa shape index (κ1) is 14.7. The molecule has 0 aliphatic carbocycles. The van der Waals surface area contributed by atoms with Crippen molar-refractivity contribution in [2.24, 2.45) is 0 Å². The fraction of sp³-hybridized carbons (Fsp3) is 0.692. The van der Waals surface area contributed by atoms with Gasteiger partial charge < -0.3 is 15.2 Å². The Morgan fingerprint density at radius 3 is 2.56 bits per heavy atom. The van der Waals surface area contributed by atoms with E-state index < -0.39 is 0 Å². The van der Waals surface area contributed by atoms with Crippen LogP contribution in [0.1, 0.15) is 45.6 Å². The van der Waals surface area contributed by atoms with E-state index in [1.165, 1.54) is 6.33 Å². The molecule has 1 aromatic rings. The third kappa shape index (κ3) is 3.84. The van der Waals surface area contributed by atoms with E-state index in [1.54, 1.807) is 7.11 Å². The molecule has 0 bridgehead atoms. The Balaban J connectivity index is 2.71. The molecule has 0 spiro atoms. The van der Waals surface area contributed by atoms with Gasteiger partial charge in [0.25, 0.3) is 0 Å². The zero-order chi connectivity index (χ0) is 13.8. The first-order valence-corrected chi connectivity index (χ1v) is 6.15. The summed E-state index contributed by atoms with van der Waals surface area (Å²) in [5, 5.41) is 0. The van der Waals surface area contributed by atoms with Crippen LogP contribution in [0.4, 0.5) is 5.82 Å². The molecule has 0 amide bonds. The lowest BCUT2D eigenvalue weighted by molar-refractivity contribution is 0.00498. The van der Waals surface area contributed by atoms with Gasteiger partial charge in [-0.05, 0) is 19.8 Å². The SMILES string of the molecule is COC(C)(C)CCOc1ncnc(N)c1C(C)C. The molecule has 0 radical (unpaired) electrons. The number of hydrogen-bond donors (Lipinski definition) is 1. The molecular formula is C13H23N3O2. The number of aromatic nitrogens is 2. The van der Waals surface area contributed by atoms with E-state index in [0.29, 0.717) is 18.3 Å². The van der Waals surface area contributed by atoms with Crippen LogP contribution in [0.3, 0.4) is 0 Å². The van der Waals surface area contributed by atoms with Crippen molar-refractivity contribution in [3.63, 3.8) is 0 Å². The quantitative estimate of drug-likeness (QED) is 0.842. The van der Waals surface area contributed by atoms with Crippen molar-refractivity contribution >= 4 is 5.82 Å². The molecule has 0 unspecified atom stereocenters. The van der Waals surface area contributed by atoms with Gasteiger partial charge in [-0.15, -0.1) is 0 Å². The number of hydrogen-bond acceptors (Lipinski definition) is 5. The molecular weight excluding hydrogens is 230 g/mol. The van der Waals surface area contributed by atoms with Gasteiger partial charge in [-0.1, -0.05) is 13.8 Å². The van der Waals surface area contributed by atoms with Crippen molar-refractivity contribution in [2.75, 3.05) is 19.5 Å². The van der Waals surface area contributed by atoms with Gasteiger partial charge in [0.15, 0.2) is 0 Å². The maximum Gasteiger partial charge on any atom is 0.222 e. The summed E-state index contributed by atoms with van der Waals surface area (Å²) in [6.07, 6.45) is 2.21. The average molecular weight is 253 g/mol. The van der Waals surface area contributed by atoms with Gasteiger partial charge in [0, 0.05) is 13.5 Å². The Hall–Kier alpha value is -1.36. The van der Waals surface area contributed by atoms with Crippen LogP contribution in [0, 0.1) is 0 Å². The Labute approximate surface area is 109 Å². The Morgan fingerprint density at radius 2 is 2.00 bits per heavy atom. The lowest BCUT2D eigenvalue weighted by atomic mass is 10.1. The van der Waals surface area contributed by atoms with Crippen LogP contribution < -0.4 is 10.5 Å². The number of anilines is 1. The number of nitrogens with zero attached hydrogens (tertiary/aromatic N) is 2. The maximum atomic E-state index is 5.85. The topological polar surface area (TPSA) is 70.3 Å². The lowest BCUT2D eigenvalue weighted by Gasteiger charge is -2.23. The van der Waals surface area contributed by atoms with E-state index in [2.05, 4.69) is 9.97 Å². The highest BCUT2D eigenvalue weighted by atomic mass is 16.5. The predicted molar refractivity (Wildman–Crippen MR) is 71.7 cm³/mol. The van der Waals surface area contributed by atoms with Crippen molar-refractivity contribution in [1.82, 2.24) is 9.97 Å². The number of rotatable bonds is 6. The van der Waals surface area contributed by atoms with Crippen molar-refractivity contribution in [3.8, 4) is 5.88 Å². The number of ether oxygens (including phenoxy) is 2. The molecule has 0 atom stereocenters. The fourth-order valence-corrected chi connectivity index (χ4v) is 1.55. The van der Waals surface area contributed by atoms with Crippen molar-refractivity contribution in [2.45, 2.75) is 45.6 Å². The largest absolute Gasteiger partial charge is 0.477 e. The molecule has 0 aliphatic heterocycles. The minimum absolute atomic E-state index is 0.198. The van der Waals surface area contributed by atoms with Crippen molar-refractivity contribution in [1.29, 1.82) is 0 Å². The van der Waals surface area contributed by atoms with E-state index in [9.17, 15) is 0 Å². The average Bonchev–Trinajstić information content (AvgIpc) is 2.28. The summed E-state index contributed by atoms with van der Waals surface area (Å²) in [5.74, 6) is 1.29. The minimum Gasteiger partial charge on any atom is -0.477 e.